The first-order chi connectivity index (χ1) is 5.79. The predicted molar refractivity (Wildman–Crippen MR) is 49.1 cm³/mol. The van der Waals surface area contributed by atoms with Crippen molar-refractivity contribution in [2.45, 2.75) is 13.0 Å². The van der Waals surface area contributed by atoms with E-state index in [1.54, 1.807) is 6.20 Å². The van der Waals surface area contributed by atoms with E-state index in [4.69, 9.17) is 0 Å². The molecule has 12 heavy (non-hydrogen) atoms. The Morgan fingerprint density at radius 3 is 2.92 bits per heavy atom. The number of nitrogens with zero attached hydrogens (tertiary/aromatic N) is 1. The van der Waals surface area contributed by atoms with Crippen molar-refractivity contribution in [3.05, 3.63) is 46.8 Å². The molecule has 1 heterocycles. The lowest BCUT2D eigenvalue weighted by molar-refractivity contribution is 0.400. The lowest BCUT2D eigenvalue weighted by Crippen LogP contribution is -2.17. The summed E-state index contributed by atoms with van der Waals surface area (Å²) < 4.78 is 0. The molecule has 1 atom stereocenters. The van der Waals surface area contributed by atoms with Crippen LogP contribution in [0.4, 0.5) is 0 Å². The number of hydroxylamine groups is 2. The lowest BCUT2D eigenvalue weighted by Gasteiger charge is -2.37. The first-order valence-corrected chi connectivity index (χ1v) is 4.01. The minimum Gasteiger partial charge on any atom is -0.758 e. The van der Waals surface area contributed by atoms with E-state index in [0.29, 0.717) is 0 Å². The Morgan fingerprint density at radius 2 is 2.08 bits per heavy atom. The van der Waals surface area contributed by atoms with Gasteiger partial charge in [-0.2, -0.15) is 0 Å². The van der Waals surface area contributed by atoms with Gasteiger partial charge in [0.05, 0.1) is 0 Å². The Kier molecular flexibility index (Phi) is 1.62. The highest BCUT2D eigenvalue weighted by atomic mass is 16.5. The van der Waals surface area contributed by atoms with E-state index in [0.717, 1.165) is 16.2 Å². The van der Waals surface area contributed by atoms with Crippen molar-refractivity contribution in [3.63, 3.8) is 0 Å². The molecule has 0 radical (unpaired) electrons. The van der Waals surface area contributed by atoms with E-state index in [2.05, 4.69) is 0 Å². The van der Waals surface area contributed by atoms with Crippen molar-refractivity contribution in [1.82, 2.24) is 5.06 Å². The van der Waals surface area contributed by atoms with E-state index >= 15 is 0 Å². The van der Waals surface area contributed by atoms with Crippen molar-refractivity contribution in [2.75, 3.05) is 0 Å². The summed E-state index contributed by atoms with van der Waals surface area (Å²) in [6, 6.07) is 7.91. The summed E-state index contributed by atoms with van der Waals surface area (Å²) in [5.74, 6) is 0. The first kappa shape index (κ1) is 7.37. The van der Waals surface area contributed by atoms with Gasteiger partial charge >= 0.3 is 0 Å². The first-order valence-electron chi connectivity index (χ1n) is 4.01. The zero-order chi connectivity index (χ0) is 8.55. The summed E-state index contributed by atoms with van der Waals surface area (Å²) in [6.45, 7) is 1.91. The number of rotatable bonds is 0. The molecule has 0 aliphatic carbocycles. The largest absolute Gasteiger partial charge is 0.758 e. The molecule has 0 amide bonds. The predicted octanol–water partition coefficient (Wildman–Crippen LogP) is 2.53. The van der Waals surface area contributed by atoms with E-state index < -0.39 is 0 Å². The van der Waals surface area contributed by atoms with Gasteiger partial charge in [-0.3, -0.25) is 0 Å². The monoisotopic (exact) mass is 160 g/mol. The maximum atomic E-state index is 11.2. The van der Waals surface area contributed by atoms with Gasteiger partial charge in [-0.15, -0.1) is 0 Å². The molecular formula is C10H10NO-. The Balaban J connectivity index is 2.52. The third-order valence-corrected chi connectivity index (χ3v) is 2.23. The van der Waals surface area contributed by atoms with Crippen LogP contribution in [-0.4, -0.2) is 5.06 Å². The maximum absolute atomic E-state index is 11.2. The van der Waals surface area contributed by atoms with Crippen LogP contribution in [0.15, 0.2) is 30.5 Å². The second-order valence-electron chi connectivity index (χ2n) is 2.98. The standard InChI is InChI=1S/C10H10NO/c1-8-10-5-3-2-4-9(10)6-7-11(8)12/h2-8H,1H3/q-1. The van der Waals surface area contributed by atoms with Crippen LogP contribution >= 0.6 is 0 Å². The minimum absolute atomic E-state index is 0.0498. The fourth-order valence-electron chi connectivity index (χ4n) is 1.46. The molecule has 1 aromatic rings. The zero-order valence-electron chi connectivity index (χ0n) is 6.90. The van der Waals surface area contributed by atoms with Gasteiger partial charge in [0.1, 0.15) is 0 Å². The molecule has 2 nitrogen and oxygen atoms in total. The summed E-state index contributed by atoms with van der Waals surface area (Å²) in [4.78, 5) is 0. The molecule has 1 aliphatic heterocycles. The number of hydrogen-bond acceptors (Lipinski definition) is 2. The fraction of sp³-hybridized carbons (Fsp3) is 0.200. The minimum atomic E-state index is -0.0498. The molecular weight excluding hydrogens is 150 g/mol. The molecule has 62 valence electrons. The molecule has 1 aromatic carbocycles. The van der Waals surface area contributed by atoms with Crippen LogP contribution in [0.5, 0.6) is 0 Å². The van der Waals surface area contributed by atoms with Gasteiger partial charge in [0.15, 0.2) is 0 Å². The molecule has 0 saturated carbocycles. The topological polar surface area (TPSA) is 26.3 Å². The lowest BCUT2D eigenvalue weighted by atomic mass is 9.99. The Labute approximate surface area is 71.7 Å². The van der Waals surface area contributed by atoms with Crippen molar-refractivity contribution in [3.8, 4) is 0 Å². The molecule has 0 N–H and O–H groups in total. The number of fused-ring (bicyclic) bond motifs is 1. The zero-order valence-corrected chi connectivity index (χ0v) is 6.90. The van der Waals surface area contributed by atoms with E-state index in [1.807, 2.05) is 37.3 Å². The average Bonchev–Trinajstić information content (AvgIpc) is 2.12. The maximum Gasteiger partial charge on any atom is 0.0404 e. The number of hydrogen-bond donors (Lipinski definition) is 0. The normalized spacial score (nSPS) is 20.8. The van der Waals surface area contributed by atoms with Crippen molar-refractivity contribution < 1.29 is 0 Å². The van der Waals surface area contributed by atoms with Gasteiger partial charge in [0.2, 0.25) is 0 Å². The Morgan fingerprint density at radius 1 is 1.33 bits per heavy atom. The van der Waals surface area contributed by atoms with Crippen molar-refractivity contribution >= 4 is 6.08 Å². The van der Waals surface area contributed by atoms with Gasteiger partial charge in [0.25, 0.3) is 0 Å². The number of benzene rings is 1. The Bertz CT molecular complexity index is 319. The molecule has 2 rings (SSSR count). The van der Waals surface area contributed by atoms with Crippen LogP contribution < -0.4 is 0 Å². The van der Waals surface area contributed by atoms with Gasteiger partial charge in [-0.1, -0.05) is 24.3 Å². The van der Waals surface area contributed by atoms with Gasteiger partial charge in [-0.05, 0) is 30.3 Å². The van der Waals surface area contributed by atoms with Crippen LogP contribution in [0.2, 0.25) is 0 Å². The van der Waals surface area contributed by atoms with Gasteiger partial charge in [0, 0.05) is 6.04 Å². The van der Waals surface area contributed by atoms with Crippen LogP contribution in [0, 0.1) is 5.21 Å². The molecule has 0 spiro atoms. The van der Waals surface area contributed by atoms with E-state index in [9.17, 15) is 5.21 Å². The van der Waals surface area contributed by atoms with Crippen LogP contribution in [0.1, 0.15) is 24.1 Å². The molecule has 0 fully saturated rings. The highest BCUT2D eigenvalue weighted by Gasteiger charge is 2.11. The molecule has 0 saturated heterocycles. The summed E-state index contributed by atoms with van der Waals surface area (Å²) in [5.41, 5.74) is 2.26. The summed E-state index contributed by atoms with van der Waals surface area (Å²) in [7, 11) is 0. The average molecular weight is 160 g/mol. The summed E-state index contributed by atoms with van der Waals surface area (Å²) in [5, 5.41) is 12.2. The fourth-order valence-corrected chi connectivity index (χ4v) is 1.46. The highest BCUT2D eigenvalue weighted by Crippen LogP contribution is 2.28. The SMILES string of the molecule is CC1c2ccccc2C=CN1[O-]. The second kappa shape index (κ2) is 2.64. The van der Waals surface area contributed by atoms with Crippen LogP contribution in [0.25, 0.3) is 6.08 Å². The van der Waals surface area contributed by atoms with Crippen LogP contribution in [0.3, 0.4) is 0 Å². The molecule has 0 bridgehead atoms. The highest BCUT2D eigenvalue weighted by molar-refractivity contribution is 5.56. The third kappa shape index (κ3) is 1.01. The molecule has 1 unspecified atom stereocenters. The third-order valence-electron chi connectivity index (χ3n) is 2.23. The smallest absolute Gasteiger partial charge is 0.0404 e. The molecule has 2 heteroatoms. The van der Waals surface area contributed by atoms with Crippen molar-refractivity contribution in [2.24, 2.45) is 0 Å². The Hall–Kier alpha value is -1.28. The van der Waals surface area contributed by atoms with E-state index in [-0.39, 0.29) is 6.04 Å². The second-order valence-corrected chi connectivity index (χ2v) is 2.98. The summed E-state index contributed by atoms with van der Waals surface area (Å²) >= 11 is 0. The summed E-state index contributed by atoms with van der Waals surface area (Å²) in [6.07, 6.45) is 3.43. The molecule has 1 aliphatic rings. The van der Waals surface area contributed by atoms with Gasteiger partial charge in [-0.25, -0.2) is 0 Å². The molecule has 0 aromatic heterocycles. The quantitative estimate of drug-likeness (QED) is 0.583. The van der Waals surface area contributed by atoms with Gasteiger partial charge < -0.3 is 10.3 Å². The van der Waals surface area contributed by atoms with Crippen LogP contribution in [-0.2, 0) is 0 Å². The van der Waals surface area contributed by atoms with E-state index in [1.165, 1.54) is 0 Å². The van der Waals surface area contributed by atoms with Crippen molar-refractivity contribution in [1.29, 1.82) is 0 Å².